The van der Waals surface area contributed by atoms with Crippen LogP contribution < -0.4 is 4.74 Å². The topological polar surface area (TPSA) is 47.9 Å². The predicted octanol–water partition coefficient (Wildman–Crippen LogP) is 7.89. The van der Waals surface area contributed by atoms with Crippen molar-refractivity contribution in [3.8, 4) is 5.75 Å². The van der Waals surface area contributed by atoms with Gasteiger partial charge in [0.05, 0.1) is 17.2 Å². The molecule has 0 saturated carbocycles. The summed E-state index contributed by atoms with van der Waals surface area (Å²) in [4.78, 5) is 16.7. The third-order valence-corrected chi connectivity index (χ3v) is 7.56. The molecule has 0 fully saturated rings. The van der Waals surface area contributed by atoms with Crippen molar-refractivity contribution in [2.45, 2.75) is 6.61 Å². The Kier molecular flexibility index (Phi) is 7.81. The van der Waals surface area contributed by atoms with Gasteiger partial charge < -0.3 is 9.47 Å². The van der Waals surface area contributed by atoms with Crippen LogP contribution in [-0.4, -0.2) is 11.9 Å². The number of nitrogens with zero attached hydrogens (tertiary/aromatic N) is 1. The first kappa shape index (κ1) is 24.0. The number of benzene rings is 3. The molecule has 1 heterocycles. The van der Waals surface area contributed by atoms with Crippen LogP contribution in [0.5, 0.6) is 5.75 Å². The molecule has 0 unspecified atom stereocenters. The second-order valence-corrected chi connectivity index (χ2v) is 10.7. The highest BCUT2D eigenvalue weighted by Gasteiger charge is 2.25. The van der Waals surface area contributed by atoms with Crippen LogP contribution in [0, 0.1) is 7.14 Å². The average Bonchev–Trinajstić information content (AvgIpc) is 3.11. The molecule has 0 atom stereocenters. The largest absolute Gasteiger partial charge is 0.487 e. The van der Waals surface area contributed by atoms with Gasteiger partial charge in [-0.15, -0.1) is 0 Å². The fourth-order valence-corrected chi connectivity index (χ4v) is 5.71. The van der Waals surface area contributed by atoms with E-state index in [4.69, 9.17) is 32.7 Å². The predicted molar refractivity (Wildman–Crippen MR) is 147 cm³/mol. The van der Waals surface area contributed by atoms with Crippen LogP contribution in [0.1, 0.15) is 16.7 Å². The van der Waals surface area contributed by atoms with E-state index in [1.807, 2.05) is 36.4 Å². The van der Waals surface area contributed by atoms with E-state index in [1.165, 1.54) is 0 Å². The molecule has 0 aromatic heterocycles. The smallest absolute Gasteiger partial charge is 0.363 e. The monoisotopic (exact) mass is 753 g/mol. The first-order chi connectivity index (χ1) is 15.3. The Morgan fingerprint density at radius 3 is 2.44 bits per heavy atom. The zero-order valence-corrected chi connectivity index (χ0v) is 23.5. The molecular formula is C23H12BrCl2I2NO3. The molecule has 1 aliphatic heterocycles. The molecule has 0 bridgehead atoms. The van der Waals surface area contributed by atoms with Crippen LogP contribution in [0.25, 0.3) is 6.08 Å². The number of hydrogen-bond acceptors (Lipinski definition) is 4. The molecule has 4 nitrogen and oxygen atoms in total. The number of ether oxygens (including phenoxy) is 2. The first-order valence-corrected chi connectivity index (χ1v) is 12.9. The van der Waals surface area contributed by atoms with Gasteiger partial charge in [0.1, 0.15) is 12.4 Å². The van der Waals surface area contributed by atoms with Crippen molar-refractivity contribution in [3.05, 3.63) is 98.6 Å². The molecule has 162 valence electrons. The molecule has 0 amide bonds. The zero-order valence-electron chi connectivity index (χ0n) is 16.0. The minimum Gasteiger partial charge on any atom is -0.487 e. The maximum Gasteiger partial charge on any atom is 0.363 e. The summed E-state index contributed by atoms with van der Waals surface area (Å²) in [5.41, 5.74) is 2.66. The standard InChI is InChI=1S/C23H12BrCl2I2NO3/c24-15-4-2-1-3-14(15)11-31-21-18(27)7-12(8-19(21)28)9-20-23(30)32-22(29-20)13-5-6-16(25)17(26)10-13/h1-10H,11H2/b20-9-. The van der Waals surface area contributed by atoms with Gasteiger partial charge in [0.15, 0.2) is 5.70 Å². The maximum absolute atomic E-state index is 12.3. The van der Waals surface area contributed by atoms with Gasteiger partial charge in [-0.05, 0) is 93.2 Å². The number of carbonyl (C=O) groups excluding carboxylic acids is 1. The summed E-state index contributed by atoms with van der Waals surface area (Å²) in [6.45, 7) is 0.442. The molecule has 0 spiro atoms. The zero-order chi connectivity index (χ0) is 22.8. The van der Waals surface area contributed by atoms with E-state index >= 15 is 0 Å². The highest BCUT2D eigenvalue weighted by atomic mass is 127. The van der Waals surface area contributed by atoms with Gasteiger partial charge in [-0.2, -0.15) is 0 Å². The van der Waals surface area contributed by atoms with Gasteiger partial charge in [-0.25, -0.2) is 9.79 Å². The van der Waals surface area contributed by atoms with E-state index in [2.05, 4.69) is 66.1 Å². The quantitative estimate of drug-likeness (QED) is 0.151. The number of cyclic esters (lactones) is 1. The lowest BCUT2D eigenvalue weighted by atomic mass is 10.2. The van der Waals surface area contributed by atoms with E-state index in [0.29, 0.717) is 22.2 Å². The maximum atomic E-state index is 12.3. The van der Waals surface area contributed by atoms with Crippen molar-refractivity contribution >= 4 is 102 Å². The van der Waals surface area contributed by atoms with Gasteiger partial charge in [-0.1, -0.05) is 57.3 Å². The van der Waals surface area contributed by atoms with Gasteiger partial charge in [-0.3, -0.25) is 0 Å². The number of hydrogen-bond donors (Lipinski definition) is 0. The number of carbonyl (C=O) groups is 1. The van der Waals surface area contributed by atoms with Gasteiger partial charge in [0, 0.05) is 15.6 Å². The SMILES string of the molecule is O=C1OC(c2ccc(Cl)c(Cl)c2)=N/C1=C\c1cc(I)c(OCc2ccccc2Br)c(I)c1. The molecule has 3 aromatic carbocycles. The molecule has 0 saturated heterocycles. The van der Waals surface area contributed by atoms with Crippen molar-refractivity contribution in [1.29, 1.82) is 0 Å². The molecule has 0 radical (unpaired) electrons. The van der Waals surface area contributed by atoms with E-state index in [1.54, 1.807) is 24.3 Å². The summed E-state index contributed by atoms with van der Waals surface area (Å²) >= 11 is 20.0. The van der Waals surface area contributed by atoms with E-state index in [-0.39, 0.29) is 11.6 Å². The molecule has 32 heavy (non-hydrogen) atoms. The fraction of sp³-hybridized carbons (Fsp3) is 0.0435. The third-order valence-electron chi connectivity index (χ3n) is 4.44. The minimum absolute atomic E-state index is 0.192. The first-order valence-electron chi connectivity index (χ1n) is 9.15. The second kappa shape index (κ2) is 10.4. The Labute approximate surface area is 230 Å². The van der Waals surface area contributed by atoms with Gasteiger partial charge in [0.25, 0.3) is 0 Å². The Morgan fingerprint density at radius 1 is 1.03 bits per heavy atom. The average molecular weight is 755 g/mol. The summed E-state index contributed by atoms with van der Waals surface area (Å²) in [6.07, 6.45) is 1.69. The molecule has 0 aliphatic carbocycles. The Bertz CT molecular complexity index is 1270. The summed E-state index contributed by atoms with van der Waals surface area (Å²) in [7, 11) is 0. The lowest BCUT2D eigenvalue weighted by Crippen LogP contribution is -2.05. The summed E-state index contributed by atoms with van der Waals surface area (Å²) in [5.74, 6) is 0.459. The molecule has 3 aromatic rings. The summed E-state index contributed by atoms with van der Waals surface area (Å²) in [5, 5.41) is 0.782. The van der Waals surface area contributed by atoms with Crippen LogP contribution in [0.4, 0.5) is 0 Å². The van der Waals surface area contributed by atoms with E-state index < -0.39 is 5.97 Å². The lowest BCUT2D eigenvalue weighted by molar-refractivity contribution is -0.129. The van der Waals surface area contributed by atoms with Crippen molar-refractivity contribution in [1.82, 2.24) is 0 Å². The number of halogens is 5. The van der Waals surface area contributed by atoms with Crippen LogP contribution in [0.15, 0.2) is 69.8 Å². The lowest BCUT2D eigenvalue weighted by Gasteiger charge is -2.12. The van der Waals surface area contributed by atoms with Crippen LogP contribution in [-0.2, 0) is 16.1 Å². The second-order valence-electron chi connectivity index (χ2n) is 6.66. The van der Waals surface area contributed by atoms with Crippen molar-refractivity contribution in [2.75, 3.05) is 0 Å². The molecule has 1 aliphatic rings. The van der Waals surface area contributed by atoms with Gasteiger partial charge >= 0.3 is 5.97 Å². The Balaban J connectivity index is 1.57. The van der Waals surface area contributed by atoms with Crippen LogP contribution in [0.3, 0.4) is 0 Å². The Hall–Kier alpha value is -1.14. The van der Waals surface area contributed by atoms with Crippen molar-refractivity contribution in [2.24, 2.45) is 4.99 Å². The Morgan fingerprint density at radius 2 is 1.75 bits per heavy atom. The summed E-state index contributed by atoms with van der Waals surface area (Å²) in [6, 6.07) is 16.8. The van der Waals surface area contributed by atoms with Crippen LogP contribution in [0.2, 0.25) is 10.0 Å². The number of rotatable bonds is 5. The highest BCUT2D eigenvalue weighted by Crippen LogP contribution is 2.32. The molecule has 4 rings (SSSR count). The van der Waals surface area contributed by atoms with E-state index in [9.17, 15) is 4.79 Å². The normalized spacial score (nSPS) is 14.5. The van der Waals surface area contributed by atoms with Crippen molar-refractivity contribution in [3.63, 3.8) is 0 Å². The number of aliphatic imine (C=N–C) groups is 1. The summed E-state index contributed by atoms with van der Waals surface area (Å²) < 4.78 is 14.2. The van der Waals surface area contributed by atoms with Gasteiger partial charge in [0.2, 0.25) is 5.90 Å². The van der Waals surface area contributed by atoms with E-state index in [0.717, 1.165) is 28.5 Å². The van der Waals surface area contributed by atoms with Crippen molar-refractivity contribution < 1.29 is 14.3 Å². The molecule has 0 N–H and O–H groups in total. The molecule has 9 heteroatoms. The minimum atomic E-state index is -0.523. The van der Waals surface area contributed by atoms with Crippen LogP contribution >= 0.6 is 84.3 Å². The number of esters is 1. The molecular weight excluding hydrogens is 743 g/mol. The highest BCUT2D eigenvalue weighted by molar-refractivity contribution is 14.1. The third kappa shape index (κ3) is 5.49. The fourth-order valence-electron chi connectivity index (χ4n) is 2.89.